The molecule has 0 bridgehead atoms. The van der Waals surface area contributed by atoms with Gasteiger partial charge in [-0.05, 0) is 70.4 Å². The summed E-state index contributed by atoms with van der Waals surface area (Å²) in [5, 5.41) is 11.2. The molecule has 6 nitrogen and oxygen atoms in total. The average Bonchev–Trinajstić information content (AvgIpc) is 3.16. The van der Waals surface area contributed by atoms with Crippen molar-refractivity contribution in [3.05, 3.63) is 59.7 Å². The first-order valence-electron chi connectivity index (χ1n) is 8.97. The number of nitrogens with one attached hydrogen (secondary N) is 1. The molecule has 1 aromatic heterocycles. The molecule has 0 aliphatic heterocycles. The maximum Gasteiger partial charge on any atom is 0.251 e. The molecule has 140 valence electrons. The highest BCUT2D eigenvalue weighted by atomic mass is 16.4. The number of benzene rings is 2. The van der Waals surface area contributed by atoms with E-state index in [-0.39, 0.29) is 5.91 Å². The molecular weight excluding hydrogens is 340 g/mol. The summed E-state index contributed by atoms with van der Waals surface area (Å²) in [7, 11) is 4.03. The number of hydrogen-bond donors (Lipinski definition) is 1. The van der Waals surface area contributed by atoms with Crippen LogP contribution in [0.2, 0.25) is 0 Å². The Kier molecular flexibility index (Phi) is 5.98. The predicted molar refractivity (Wildman–Crippen MR) is 105 cm³/mol. The minimum Gasteiger partial charge on any atom is -0.416 e. The van der Waals surface area contributed by atoms with Crippen LogP contribution in [-0.2, 0) is 0 Å². The number of rotatable bonds is 7. The highest BCUT2D eigenvalue weighted by Crippen LogP contribution is 2.24. The van der Waals surface area contributed by atoms with Gasteiger partial charge in [-0.3, -0.25) is 4.79 Å². The van der Waals surface area contributed by atoms with Crippen molar-refractivity contribution in [1.82, 2.24) is 20.4 Å². The molecule has 0 saturated heterocycles. The highest BCUT2D eigenvalue weighted by Gasteiger charge is 2.11. The molecule has 0 radical (unpaired) electrons. The van der Waals surface area contributed by atoms with Gasteiger partial charge in [0.1, 0.15) is 0 Å². The Labute approximate surface area is 159 Å². The zero-order valence-electron chi connectivity index (χ0n) is 15.9. The second-order valence-electron chi connectivity index (χ2n) is 6.77. The van der Waals surface area contributed by atoms with Crippen LogP contribution in [0.4, 0.5) is 0 Å². The first-order chi connectivity index (χ1) is 13.0. The SMILES string of the molecule is Cc1ccc(-c2nnc(-c3ccc(C(=O)NCCCN(C)C)cc3)o2)cc1. The fourth-order valence-corrected chi connectivity index (χ4v) is 2.62. The summed E-state index contributed by atoms with van der Waals surface area (Å²) in [5.74, 6) is 0.836. The van der Waals surface area contributed by atoms with Gasteiger partial charge in [0.25, 0.3) is 5.91 Å². The second-order valence-corrected chi connectivity index (χ2v) is 6.77. The summed E-state index contributed by atoms with van der Waals surface area (Å²) >= 11 is 0. The molecule has 3 rings (SSSR count). The van der Waals surface area contributed by atoms with Crippen molar-refractivity contribution in [2.75, 3.05) is 27.2 Å². The minimum atomic E-state index is -0.0776. The molecule has 0 spiro atoms. The van der Waals surface area contributed by atoms with E-state index in [1.54, 1.807) is 12.1 Å². The molecule has 0 unspecified atom stereocenters. The lowest BCUT2D eigenvalue weighted by molar-refractivity contribution is 0.0952. The van der Waals surface area contributed by atoms with Gasteiger partial charge >= 0.3 is 0 Å². The number of amides is 1. The zero-order chi connectivity index (χ0) is 19.2. The molecular formula is C21H24N4O2. The Morgan fingerprint density at radius 3 is 2.07 bits per heavy atom. The van der Waals surface area contributed by atoms with Crippen LogP contribution in [0.1, 0.15) is 22.3 Å². The molecule has 27 heavy (non-hydrogen) atoms. The molecule has 0 atom stereocenters. The first kappa shape index (κ1) is 18.8. The highest BCUT2D eigenvalue weighted by molar-refractivity contribution is 5.94. The van der Waals surface area contributed by atoms with Gasteiger partial charge in [0.2, 0.25) is 11.8 Å². The van der Waals surface area contributed by atoms with Crippen molar-refractivity contribution in [2.45, 2.75) is 13.3 Å². The van der Waals surface area contributed by atoms with Crippen molar-refractivity contribution in [3.63, 3.8) is 0 Å². The summed E-state index contributed by atoms with van der Waals surface area (Å²) in [4.78, 5) is 14.3. The van der Waals surface area contributed by atoms with Crippen LogP contribution in [0.15, 0.2) is 52.9 Å². The van der Waals surface area contributed by atoms with E-state index < -0.39 is 0 Å². The summed E-state index contributed by atoms with van der Waals surface area (Å²) < 4.78 is 5.77. The lowest BCUT2D eigenvalue weighted by Gasteiger charge is -2.10. The molecule has 0 aliphatic rings. The van der Waals surface area contributed by atoms with Crippen molar-refractivity contribution in [1.29, 1.82) is 0 Å². The van der Waals surface area contributed by atoms with E-state index in [1.807, 2.05) is 57.4 Å². The number of carbonyl (C=O) groups excluding carboxylic acids is 1. The van der Waals surface area contributed by atoms with Crippen LogP contribution in [0.3, 0.4) is 0 Å². The minimum absolute atomic E-state index is 0.0776. The Morgan fingerprint density at radius 1 is 0.963 bits per heavy atom. The number of carbonyl (C=O) groups is 1. The Bertz CT molecular complexity index is 883. The molecule has 1 N–H and O–H groups in total. The van der Waals surface area contributed by atoms with Crippen LogP contribution in [0, 0.1) is 6.92 Å². The van der Waals surface area contributed by atoms with Crippen LogP contribution in [0.5, 0.6) is 0 Å². The van der Waals surface area contributed by atoms with Gasteiger partial charge in [-0.1, -0.05) is 17.7 Å². The number of aromatic nitrogens is 2. The van der Waals surface area contributed by atoms with Crippen LogP contribution in [0.25, 0.3) is 22.9 Å². The third-order valence-corrected chi connectivity index (χ3v) is 4.19. The molecule has 0 fully saturated rings. The number of aryl methyl sites for hydroxylation is 1. The van der Waals surface area contributed by atoms with E-state index in [1.165, 1.54) is 5.56 Å². The van der Waals surface area contributed by atoms with Crippen molar-refractivity contribution in [3.8, 4) is 22.9 Å². The number of nitrogens with zero attached hydrogens (tertiary/aromatic N) is 3. The normalized spacial score (nSPS) is 11.0. The smallest absolute Gasteiger partial charge is 0.251 e. The fourth-order valence-electron chi connectivity index (χ4n) is 2.62. The molecule has 1 heterocycles. The van der Waals surface area contributed by atoms with Crippen molar-refractivity contribution >= 4 is 5.91 Å². The average molecular weight is 364 g/mol. The first-order valence-corrected chi connectivity index (χ1v) is 8.97. The third kappa shape index (κ3) is 5.01. The Hall–Kier alpha value is -2.99. The van der Waals surface area contributed by atoms with E-state index in [9.17, 15) is 4.79 Å². The van der Waals surface area contributed by atoms with Gasteiger partial charge in [-0.25, -0.2) is 0 Å². The zero-order valence-corrected chi connectivity index (χ0v) is 15.9. The summed E-state index contributed by atoms with van der Waals surface area (Å²) in [6, 6.07) is 15.1. The van der Waals surface area contributed by atoms with Gasteiger partial charge in [0, 0.05) is 23.2 Å². The fraction of sp³-hybridized carbons (Fsp3) is 0.286. The maximum atomic E-state index is 12.2. The van der Waals surface area contributed by atoms with E-state index in [2.05, 4.69) is 20.4 Å². The molecule has 1 amide bonds. The quantitative estimate of drug-likeness (QED) is 0.651. The van der Waals surface area contributed by atoms with Crippen LogP contribution < -0.4 is 5.32 Å². The molecule has 6 heteroatoms. The largest absolute Gasteiger partial charge is 0.416 e. The van der Waals surface area contributed by atoms with Gasteiger partial charge in [-0.2, -0.15) is 0 Å². The topological polar surface area (TPSA) is 71.3 Å². The van der Waals surface area contributed by atoms with Crippen LogP contribution >= 0.6 is 0 Å². The summed E-state index contributed by atoms with van der Waals surface area (Å²) in [6.07, 6.45) is 0.917. The van der Waals surface area contributed by atoms with Gasteiger partial charge < -0.3 is 14.6 Å². The third-order valence-electron chi connectivity index (χ3n) is 4.19. The van der Waals surface area contributed by atoms with E-state index in [4.69, 9.17) is 4.42 Å². The van der Waals surface area contributed by atoms with Gasteiger partial charge in [0.15, 0.2) is 0 Å². The lowest BCUT2D eigenvalue weighted by Crippen LogP contribution is -2.27. The predicted octanol–water partition coefficient (Wildman–Crippen LogP) is 3.39. The van der Waals surface area contributed by atoms with Gasteiger partial charge in [-0.15, -0.1) is 10.2 Å². The molecule has 2 aromatic carbocycles. The Morgan fingerprint density at radius 2 is 1.52 bits per heavy atom. The lowest BCUT2D eigenvalue weighted by atomic mass is 10.1. The van der Waals surface area contributed by atoms with Gasteiger partial charge in [0.05, 0.1) is 0 Å². The monoisotopic (exact) mass is 364 g/mol. The maximum absolute atomic E-state index is 12.2. The van der Waals surface area contributed by atoms with E-state index >= 15 is 0 Å². The van der Waals surface area contributed by atoms with Crippen molar-refractivity contribution in [2.24, 2.45) is 0 Å². The Balaban J connectivity index is 1.63. The number of hydrogen-bond acceptors (Lipinski definition) is 5. The molecule has 3 aromatic rings. The summed E-state index contributed by atoms with van der Waals surface area (Å²) in [5.41, 5.74) is 3.45. The molecule has 0 aliphatic carbocycles. The molecule has 0 saturated carbocycles. The summed E-state index contributed by atoms with van der Waals surface area (Å²) in [6.45, 7) is 3.63. The standard InChI is InChI=1S/C21H24N4O2/c1-15-5-7-17(8-6-15)20-23-24-21(27-20)18-11-9-16(10-12-18)19(26)22-13-4-14-25(2)3/h5-12H,4,13-14H2,1-3H3,(H,22,26). The second kappa shape index (κ2) is 8.60. The van der Waals surface area contributed by atoms with E-state index in [0.717, 1.165) is 24.1 Å². The van der Waals surface area contributed by atoms with Crippen LogP contribution in [-0.4, -0.2) is 48.2 Å². The van der Waals surface area contributed by atoms with E-state index in [0.29, 0.717) is 23.9 Å². The van der Waals surface area contributed by atoms with Crippen molar-refractivity contribution < 1.29 is 9.21 Å².